The first-order valence-corrected chi connectivity index (χ1v) is 8.73. The molecule has 0 unspecified atom stereocenters. The van der Waals surface area contributed by atoms with E-state index in [0.29, 0.717) is 16.9 Å². The molecular weight excluding hydrogens is 326 g/mol. The molecule has 2 aliphatic carbocycles. The second kappa shape index (κ2) is 5.27. The monoisotopic (exact) mass is 351 g/mol. The summed E-state index contributed by atoms with van der Waals surface area (Å²) in [5, 5.41) is 3.83. The Kier molecular flexibility index (Phi) is 3.86. The van der Waals surface area contributed by atoms with Crippen molar-refractivity contribution in [3.05, 3.63) is 28.2 Å². The fraction of sp³-hybridized carbons (Fsp3) is 0.667. The smallest absolute Gasteiger partial charge is 0.123 e. The average molecular weight is 352 g/mol. The molecule has 0 amide bonds. The summed E-state index contributed by atoms with van der Waals surface area (Å²) in [6.45, 7) is 8.29. The van der Waals surface area contributed by atoms with E-state index in [0.717, 1.165) is 22.7 Å². The lowest BCUT2D eigenvalue weighted by atomic mass is 9.69. The average Bonchev–Trinajstić information content (AvgIpc) is 2.78. The molecule has 1 aromatic rings. The van der Waals surface area contributed by atoms with E-state index in [1.165, 1.54) is 24.8 Å². The van der Waals surface area contributed by atoms with Gasteiger partial charge < -0.3 is 10.1 Å². The molecule has 0 spiro atoms. The minimum Gasteiger partial charge on any atom is -0.496 e. The van der Waals surface area contributed by atoms with Crippen molar-refractivity contribution in [1.29, 1.82) is 0 Å². The van der Waals surface area contributed by atoms with Crippen LogP contribution in [0.2, 0.25) is 0 Å². The Balaban J connectivity index is 1.74. The van der Waals surface area contributed by atoms with Crippen LogP contribution in [0.15, 0.2) is 22.7 Å². The van der Waals surface area contributed by atoms with Gasteiger partial charge in [-0.05, 0) is 54.2 Å². The van der Waals surface area contributed by atoms with Gasteiger partial charge in [-0.2, -0.15) is 0 Å². The normalized spacial score (nSPS) is 33.4. The van der Waals surface area contributed by atoms with Crippen molar-refractivity contribution >= 4 is 15.9 Å². The first kappa shape index (κ1) is 15.4. The van der Waals surface area contributed by atoms with E-state index in [1.807, 2.05) is 12.1 Å². The number of hydrogen-bond acceptors (Lipinski definition) is 2. The number of halogens is 1. The molecule has 0 heterocycles. The van der Waals surface area contributed by atoms with Gasteiger partial charge in [-0.25, -0.2) is 0 Å². The van der Waals surface area contributed by atoms with Crippen LogP contribution in [0.4, 0.5) is 0 Å². The molecule has 2 fully saturated rings. The number of hydrogen-bond donors (Lipinski definition) is 1. The predicted octanol–water partition coefficient (Wildman–Crippen LogP) is 4.76. The van der Waals surface area contributed by atoms with Crippen LogP contribution in [0.3, 0.4) is 0 Å². The summed E-state index contributed by atoms with van der Waals surface area (Å²) in [5.74, 6) is 1.85. The van der Waals surface area contributed by atoms with Gasteiger partial charge in [0.15, 0.2) is 0 Å². The molecule has 2 bridgehead atoms. The number of fused-ring (bicyclic) bond motifs is 2. The van der Waals surface area contributed by atoms with Gasteiger partial charge in [0, 0.05) is 22.6 Å². The highest BCUT2D eigenvalue weighted by Crippen LogP contribution is 2.65. The molecule has 116 valence electrons. The molecule has 1 N–H and O–H groups in total. The fourth-order valence-electron chi connectivity index (χ4n) is 4.63. The number of methoxy groups -OCH3 is 1. The van der Waals surface area contributed by atoms with E-state index >= 15 is 0 Å². The Labute approximate surface area is 136 Å². The highest BCUT2D eigenvalue weighted by atomic mass is 79.9. The quantitative estimate of drug-likeness (QED) is 0.843. The summed E-state index contributed by atoms with van der Waals surface area (Å²) in [4.78, 5) is 0. The highest BCUT2D eigenvalue weighted by molar-refractivity contribution is 9.10. The van der Waals surface area contributed by atoms with Crippen molar-refractivity contribution in [2.75, 3.05) is 7.11 Å². The van der Waals surface area contributed by atoms with Gasteiger partial charge in [-0.15, -0.1) is 0 Å². The number of benzene rings is 1. The maximum atomic E-state index is 5.48. The maximum absolute atomic E-state index is 5.48. The van der Waals surface area contributed by atoms with Crippen molar-refractivity contribution < 1.29 is 4.74 Å². The lowest BCUT2D eigenvalue weighted by molar-refractivity contribution is 0.120. The van der Waals surface area contributed by atoms with Crippen LogP contribution in [-0.4, -0.2) is 13.2 Å². The van der Waals surface area contributed by atoms with Crippen molar-refractivity contribution in [2.24, 2.45) is 16.7 Å². The molecule has 2 nitrogen and oxygen atoms in total. The van der Waals surface area contributed by atoms with Crippen molar-refractivity contribution in [3.63, 3.8) is 0 Å². The molecule has 0 saturated heterocycles. The molecule has 3 atom stereocenters. The zero-order valence-corrected chi connectivity index (χ0v) is 15.1. The summed E-state index contributed by atoms with van der Waals surface area (Å²) < 4.78 is 6.59. The minimum absolute atomic E-state index is 0.427. The van der Waals surface area contributed by atoms with E-state index in [2.05, 4.69) is 48.1 Å². The third-order valence-corrected chi connectivity index (χ3v) is 7.07. The maximum Gasteiger partial charge on any atom is 0.123 e. The third-order valence-electron chi connectivity index (χ3n) is 6.58. The Morgan fingerprint density at radius 3 is 2.67 bits per heavy atom. The van der Waals surface area contributed by atoms with Gasteiger partial charge in [0.2, 0.25) is 0 Å². The second-order valence-corrected chi connectivity index (χ2v) is 8.42. The summed E-state index contributed by atoms with van der Waals surface area (Å²) in [7, 11) is 1.74. The van der Waals surface area contributed by atoms with Gasteiger partial charge >= 0.3 is 0 Å². The van der Waals surface area contributed by atoms with Gasteiger partial charge in [-0.1, -0.05) is 36.7 Å². The molecule has 0 aliphatic heterocycles. The van der Waals surface area contributed by atoms with Gasteiger partial charge in [0.25, 0.3) is 0 Å². The van der Waals surface area contributed by atoms with Gasteiger partial charge in [0.05, 0.1) is 7.11 Å². The fourth-order valence-corrected chi connectivity index (χ4v) is 5.04. The Morgan fingerprint density at radius 1 is 1.33 bits per heavy atom. The van der Waals surface area contributed by atoms with Gasteiger partial charge in [-0.3, -0.25) is 0 Å². The number of nitrogens with one attached hydrogen (secondary N) is 1. The Bertz CT molecular complexity index is 542. The molecule has 2 aliphatic rings. The molecule has 21 heavy (non-hydrogen) atoms. The van der Waals surface area contributed by atoms with Crippen LogP contribution in [0.25, 0.3) is 0 Å². The molecule has 2 saturated carbocycles. The van der Waals surface area contributed by atoms with E-state index < -0.39 is 0 Å². The summed E-state index contributed by atoms with van der Waals surface area (Å²) in [5.41, 5.74) is 2.12. The summed E-state index contributed by atoms with van der Waals surface area (Å²) >= 11 is 3.56. The molecule has 3 rings (SSSR count). The summed E-state index contributed by atoms with van der Waals surface area (Å²) in [6, 6.07) is 6.85. The van der Waals surface area contributed by atoms with E-state index in [1.54, 1.807) is 7.11 Å². The molecule has 1 aromatic carbocycles. The van der Waals surface area contributed by atoms with Gasteiger partial charge in [0.1, 0.15) is 5.75 Å². The van der Waals surface area contributed by atoms with Crippen LogP contribution >= 0.6 is 15.9 Å². The second-order valence-electron chi connectivity index (χ2n) is 7.50. The van der Waals surface area contributed by atoms with E-state index in [-0.39, 0.29) is 0 Å². The lowest BCUT2D eigenvalue weighted by Gasteiger charge is -2.39. The zero-order valence-electron chi connectivity index (χ0n) is 13.5. The molecule has 0 aromatic heterocycles. The molecule has 3 heteroatoms. The number of ether oxygens (including phenoxy) is 1. The van der Waals surface area contributed by atoms with Crippen molar-refractivity contribution in [3.8, 4) is 5.75 Å². The minimum atomic E-state index is 0.427. The van der Waals surface area contributed by atoms with Crippen LogP contribution < -0.4 is 10.1 Å². The Morgan fingerprint density at radius 2 is 2.10 bits per heavy atom. The Hall–Kier alpha value is -0.540. The standard InChI is InChI=1S/C18H26BrNO/c1-17(2)13-7-8-18(17,3)16(10-13)20-11-12-9-14(19)5-6-15(12)21-4/h5-6,9,13,16,20H,7-8,10-11H2,1-4H3/t13-,16-,18+/m1/s1. The number of rotatable bonds is 4. The topological polar surface area (TPSA) is 21.3 Å². The first-order chi connectivity index (χ1) is 9.88. The van der Waals surface area contributed by atoms with E-state index in [4.69, 9.17) is 4.74 Å². The van der Waals surface area contributed by atoms with Crippen LogP contribution in [0.1, 0.15) is 45.6 Å². The molecular formula is C18H26BrNO. The predicted molar refractivity (Wildman–Crippen MR) is 90.6 cm³/mol. The zero-order chi connectivity index (χ0) is 15.3. The van der Waals surface area contributed by atoms with Crippen LogP contribution in [0.5, 0.6) is 5.75 Å². The lowest BCUT2D eigenvalue weighted by Crippen LogP contribution is -2.44. The van der Waals surface area contributed by atoms with Crippen molar-refractivity contribution in [1.82, 2.24) is 5.32 Å². The van der Waals surface area contributed by atoms with Crippen LogP contribution in [0, 0.1) is 16.7 Å². The summed E-state index contributed by atoms with van der Waals surface area (Å²) in [6.07, 6.45) is 4.08. The molecule has 0 radical (unpaired) electrons. The largest absolute Gasteiger partial charge is 0.496 e. The van der Waals surface area contributed by atoms with E-state index in [9.17, 15) is 0 Å². The SMILES string of the molecule is COc1ccc(Br)cc1CN[C@@H]1C[C@H]2CC[C@]1(C)C2(C)C. The van der Waals surface area contributed by atoms with Crippen LogP contribution in [-0.2, 0) is 6.54 Å². The highest BCUT2D eigenvalue weighted by Gasteiger charge is 2.60. The van der Waals surface area contributed by atoms with Crippen molar-refractivity contribution in [2.45, 2.75) is 52.6 Å². The third kappa shape index (κ3) is 2.33. The first-order valence-electron chi connectivity index (χ1n) is 7.94.